The van der Waals surface area contributed by atoms with Gasteiger partial charge in [-0.2, -0.15) is 0 Å². The summed E-state index contributed by atoms with van der Waals surface area (Å²) in [5, 5.41) is 2.63. The van der Waals surface area contributed by atoms with Gasteiger partial charge in [0.25, 0.3) is 0 Å². The number of amides is 1. The quantitative estimate of drug-likeness (QED) is 0.309. The Morgan fingerprint density at radius 1 is 0.833 bits per heavy atom. The molecule has 0 radical (unpaired) electrons. The zero-order chi connectivity index (χ0) is 25.6. The van der Waals surface area contributed by atoms with Crippen LogP contribution in [-0.4, -0.2) is 51.6 Å². The lowest BCUT2D eigenvalue weighted by Gasteiger charge is -2.30. The summed E-state index contributed by atoms with van der Waals surface area (Å²) in [6, 6.07) is 13.1. The van der Waals surface area contributed by atoms with Gasteiger partial charge in [-0.05, 0) is 71.5 Å². The van der Waals surface area contributed by atoms with E-state index < -0.39 is 5.60 Å². The molecule has 0 saturated carbocycles. The van der Waals surface area contributed by atoms with Crippen LogP contribution in [0.15, 0.2) is 36.4 Å². The van der Waals surface area contributed by atoms with Crippen LogP contribution in [-0.2, 0) is 30.7 Å². The molecule has 2 aromatic carbocycles. The summed E-state index contributed by atoms with van der Waals surface area (Å²) in [4.78, 5) is 23.4. The minimum Gasteiger partial charge on any atom is -0.444 e. The smallest absolute Gasteiger partial charge is 0.410 e. The SMILES string of the molecule is Cc1ccc2[nH]c3c(c2c1)CN(C(=O)OC(C)(C)C)CC3.Cc1ccc2[nH]c3c(c2c1)CN(C)CC3. The molecule has 4 heterocycles. The number of aryl methyl sites for hydroxylation is 2. The zero-order valence-corrected chi connectivity index (χ0v) is 22.4. The van der Waals surface area contributed by atoms with Crippen molar-refractivity contribution in [2.75, 3.05) is 20.1 Å². The summed E-state index contributed by atoms with van der Waals surface area (Å²) >= 11 is 0. The van der Waals surface area contributed by atoms with Gasteiger partial charge in [-0.25, -0.2) is 4.79 Å². The Kier molecular flexibility index (Phi) is 6.33. The molecule has 0 saturated heterocycles. The Bertz CT molecular complexity index is 1420. The molecule has 6 rings (SSSR count). The Morgan fingerprint density at radius 3 is 1.92 bits per heavy atom. The van der Waals surface area contributed by atoms with Crippen LogP contribution in [0.4, 0.5) is 4.79 Å². The molecule has 4 aromatic rings. The molecule has 2 N–H and O–H groups in total. The molecule has 1 amide bonds. The highest BCUT2D eigenvalue weighted by Gasteiger charge is 2.27. The molecule has 2 aliphatic heterocycles. The van der Waals surface area contributed by atoms with E-state index in [1.165, 1.54) is 56.5 Å². The normalized spacial score (nSPS) is 15.9. The second-order valence-electron chi connectivity index (χ2n) is 11.4. The van der Waals surface area contributed by atoms with Crippen molar-refractivity contribution >= 4 is 27.9 Å². The summed E-state index contributed by atoms with van der Waals surface area (Å²) in [6.07, 6.45) is 1.78. The fourth-order valence-corrected chi connectivity index (χ4v) is 5.27. The van der Waals surface area contributed by atoms with Crippen molar-refractivity contribution in [3.63, 3.8) is 0 Å². The minimum absolute atomic E-state index is 0.227. The molecule has 6 nitrogen and oxygen atoms in total. The number of rotatable bonds is 0. The minimum atomic E-state index is -0.450. The van der Waals surface area contributed by atoms with E-state index in [9.17, 15) is 4.79 Å². The van der Waals surface area contributed by atoms with Crippen LogP contribution in [0.5, 0.6) is 0 Å². The van der Waals surface area contributed by atoms with Gasteiger partial charge < -0.3 is 24.5 Å². The molecule has 36 heavy (non-hydrogen) atoms. The van der Waals surface area contributed by atoms with Crippen LogP contribution < -0.4 is 0 Å². The van der Waals surface area contributed by atoms with Crippen LogP contribution in [0.1, 0.15) is 54.4 Å². The molecule has 0 aliphatic carbocycles. The van der Waals surface area contributed by atoms with E-state index in [0.29, 0.717) is 13.1 Å². The van der Waals surface area contributed by atoms with Crippen molar-refractivity contribution < 1.29 is 9.53 Å². The molecule has 0 atom stereocenters. The third kappa shape index (κ3) is 5.00. The Labute approximate surface area is 213 Å². The molecular formula is C30H38N4O2. The van der Waals surface area contributed by atoms with Gasteiger partial charge in [0.1, 0.15) is 5.60 Å². The topological polar surface area (TPSA) is 64.4 Å². The zero-order valence-electron chi connectivity index (χ0n) is 22.4. The Morgan fingerprint density at radius 2 is 1.36 bits per heavy atom. The number of H-pyrrole nitrogens is 2. The van der Waals surface area contributed by atoms with Gasteiger partial charge >= 0.3 is 6.09 Å². The summed E-state index contributed by atoms with van der Waals surface area (Å²) < 4.78 is 5.48. The molecule has 0 bridgehead atoms. The summed E-state index contributed by atoms with van der Waals surface area (Å²) in [7, 11) is 2.19. The van der Waals surface area contributed by atoms with Gasteiger partial charge in [0.15, 0.2) is 0 Å². The van der Waals surface area contributed by atoms with Crippen LogP contribution >= 0.6 is 0 Å². The predicted molar refractivity (Wildman–Crippen MR) is 146 cm³/mol. The van der Waals surface area contributed by atoms with Crippen molar-refractivity contribution in [1.82, 2.24) is 19.8 Å². The number of ether oxygens (including phenoxy) is 1. The fourth-order valence-electron chi connectivity index (χ4n) is 5.27. The van der Waals surface area contributed by atoms with Crippen LogP contribution in [0.3, 0.4) is 0 Å². The van der Waals surface area contributed by atoms with Crippen LogP contribution in [0, 0.1) is 13.8 Å². The van der Waals surface area contributed by atoms with Crippen LogP contribution in [0.25, 0.3) is 21.8 Å². The number of carbonyl (C=O) groups excluding carboxylic acids is 1. The molecule has 190 valence electrons. The second kappa shape index (κ2) is 9.32. The fraction of sp³-hybridized carbons (Fsp3) is 0.433. The second-order valence-corrected chi connectivity index (χ2v) is 11.4. The van der Waals surface area contributed by atoms with Crippen molar-refractivity contribution in [2.24, 2.45) is 0 Å². The third-order valence-corrected chi connectivity index (χ3v) is 7.10. The number of hydrogen-bond acceptors (Lipinski definition) is 3. The monoisotopic (exact) mass is 486 g/mol. The molecule has 6 heteroatoms. The number of nitrogens with zero attached hydrogens (tertiary/aromatic N) is 2. The average Bonchev–Trinajstić information content (AvgIpc) is 3.35. The Balaban J connectivity index is 0.000000156. The number of aromatic amines is 2. The number of aromatic nitrogens is 2. The first kappa shape index (κ1) is 24.4. The lowest BCUT2D eigenvalue weighted by Crippen LogP contribution is -2.39. The van der Waals surface area contributed by atoms with Gasteiger partial charge in [-0.1, -0.05) is 23.3 Å². The van der Waals surface area contributed by atoms with E-state index in [1.807, 2.05) is 20.8 Å². The molecule has 0 unspecified atom stereocenters. The van der Waals surface area contributed by atoms with Gasteiger partial charge in [-0.15, -0.1) is 0 Å². The molecule has 0 fully saturated rings. The summed E-state index contributed by atoms with van der Waals surface area (Å²) in [5.74, 6) is 0. The lowest BCUT2D eigenvalue weighted by molar-refractivity contribution is 0.0224. The van der Waals surface area contributed by atoms with Gasteiger partial charge in [0.2, 0.25) is 0 Å². The van der Waals surface area contributed by atoms with E-state index in [0.717, 1.165) is 24.9 Å². The maximum absolute atomic E-state index is 12.2. The predicted octanol–water partition coefficient (Wildman–Crippen LogP) is 6.23. The van der Waals surface area contributed by atoms with Crippen molar-refractivity contribution in [2.45, 2.75) is 66.2 Å². The standard InChI is InChI=1S/C17H22N2O2.C13H16N2/c1-11-5-6-14-12(9-11)13-10-19(8-7-15(13)18-14)16(20)21-17(2,3)4;1-9-3-4-12-10(7-9)11-8-15(2)6-5-13(11)14-12/h5-6,9,18H,7-8,10H2,1-4H3;3-4,7,14H,5-6,8H2,1-2H3. The number of hydrogen-bond donors (Lipinski definition) is 2. The highest BCUT2D eigenvalue weighted by atomic mass is 16.6. The maximum Gasteiger partial charge on any atom is 0.410 e. The van der Waals surface area contributed by atoms with E-state index in [1.54, 1.807) is 4.90 Å². The number of nitrogens with one attached hydrogen (secondary N) is 2. The van der Waals surface area contributed by atoms with E-state index in [-0.39, 0.29) is 6.09 Å². The molecule has 0 spiro atoms. The largest absolute Gasteiger partial charge is 0.444 e. The van der Waals surface area contributed by atoms with E-state index in [2.05, 4.69) is 72.2 Å². The average molecular weight is 487 g/mol. The third-order valence-electron chi connectivity index (χ3n) is 7.10. The van der Waals surface area contributed by atoms with E-state index in [4.69, 9.17) is 4.74 Å². The first-order valence-corrected chi connectivity index (χ1v) is 12.9. The molecule has 2 aliphatic rings. The number of fused-ring (bicyclic) bond motifs is 6. The van der Waals surface area contributed by atoms with E-state index >= 15 is 0 Å². The maximum atomic E-state index is 12.2. The van der Waals surface area contributed by atoms with Crippen molar-refractivity contribution in [1.29, 1.82) is 0 Å². The first-order chi connectivity index (χ1) is 17.1. The first-order valence-electron chi connectivity index (χ1n) is 12.9. The lowest BCUT2D eigenvalue weighted by atomic mass is 10.0. The highest BCUT2D eigenvalue weighted by Crippen LogP contribution is 2.30. The molecular weight excluding hydrogens is 448 g/mol. The number of likely N-dealkylation sites (N-methyl/N-ethyl adjacent to an activating group) is 1. The van der Waals surface area contributed by atoms with Crippen molar-refractivity contribution in [3.8, 4) is 0 Å². The van der Waals surface area contributed by atoms with Gasteiger partial charge in [0, 0.05) is 71.2 Å². The summed E-state index contributed by atoms with van der Waals surface area (Å²) in [5.41, 5.74) is 9.99. The highest BCUT2D eigenvalue weighted by molar-refractivity contribution is 5.86. The Hall–Kier alpha value is -3.25. The van der Waals surface area contributed by atoms with Crippen LogP contribution in [0.2, 0.25) is 0 Å². The molecule has 2 aromatic heterocycles. The summed E-state index contributed by atoms with van der Waals surface area (Å²) in [6.45, 7) is 13.5. The number of carbonyl (C=O) groups is 1. The van der Waals surface area contributed by atoms with Crippen molar-refractivity contribution in [3.05, 3.63) is 70.0 Å². The number of benzene rings is 2. The van der Waals surface area contributed by atoms with Gasteiger partial charge in [0.05, 0.1) is 6.54 Å². The van der Waals surface area contributed by atoms with Gasteiger partial charge in [-0.3, -0.25) is 0 Å².